The lowest BCUT2D eigenvalue weighted by atomic mass is 10.3. The van der Waals surface area contributed by atoms with Gasteiger partial charge in [-0.15, -0.1) is 15.3 Å². The Morgan fingerprint density at radius 3 is 2.79 bits per heavy atom. The number of unbranched alkanes of at least 4 members (excludes halogenated alkanes) is 1. The second kappa shape index (κ2) is 6.10. The van der Waals surface area contributed by atoms with Gasteiger partial charge in [-0.2, -0.15) is 0 Å². The van der Waals surface area contributed by atoms with Crippen LogP contribution in [0.3, 0.4) is 0 Å². The van der Waals surface area contributed by atoms with Crippen molar-refractivity contribution < 1.29 is 4.74 Å². The van der Waals surface area contributed by atoms with Crippen LogP contribution in [-0.2, 0) is 14.1 Å². The summed E-state index contributed by atoms with van der Waals surface area (Å²) < 4.78 is 8.96. The lowest BCUT2D eigenvalue weighted by Gasteiger charge is -2.03. The average molecular weight is 281 g/mol. The van der Waals surface area contributed by atoms with Gasteiger partial charge >= 0.3 is 0 Å². The first-order chi connectivity index (χ1) is 9.17. The van der Waals surface area contributed by atoms with Crippen molar-refractivity contribution in [1.82, 2.24) is 24.5 Å². The van der Waals surface area contributed by atoms with Crippen LogP contribution < -0.4 is 4.74 Å². The van der Waals surface area contributed by atoms with Gasteiger partial charge in [0.25, 0.3) is 0 Å². The van der Waals surface area contributed by atoms with Crippen molar-refractivity contribution in [3.05, 3.63) is 6.20 Å². The molecule has 0 bridgehead atoms. The number of thioether (sulfide) groups is 1. The third kappa shape index (κ3) is 2.91. The fourth-order valence-corrected chi connectivity index (χ4v) is 2.75. The van der Waals surface area contributed by atoms with Crippen LogP contribution in [0.25, 0.3) is 11.4 Å². The van der Waals surface area contributed by atoms with Crippen LogP contribution in [0.5, 0.6) is 5.88 Å². The summed E-state index contributed by atoms with van der Waals surface area (Å²) in [4.78, 5) is 0. The highest BCUT2D eigenvalue weighted by Crippen LogP contribution is 2.29. The molecule has 0 amide bonds. The van der Waals surface area contributed by atoms with E-state index in [0.29, 0.717) is 5.88 Å². The van der Waals surface area contributed by atoms with E-state index in [0.717, 1.165) is 22.3 Å². The molecule has 0 spiro atoms. The lowest BCUT2D eigenvalue weighted by Crippen LogP contribution is -1.96. The van der Waals surface area contributed by atoms with Crippen molar-refractivity contribution in [2.45, 2.75) is 24.9 Å². The molecule has 0 unspecified atom stereocenters. The van der Waals surface area contributed by atoms with Gasteiger partial charge in [0.15, 0.2) is 11.0 Å². The SMILES string of the molecule is CCCCSc1nnc(-c2cn(C)nc2OC)n1C. The number of aromatic nitrogens is 5. The first-order valence-corrected chi connectivity index (χ1v) is 7.26. The minimum atomic E-state index is 0.572. The zero-order valence-electron chi connectivity index (χ0n) is 11.8. The van der Waals surface area contributed by atoms with Gasteiger partial charge < -0.3 is 9.30 Å². The van der Waals surface area contributed by atoms with E-state index in [-0.39, 0.29) is 0 Å². The van der Waals surface area contributed by atoms with Crippen LogP contribution in [0.1, 0.15) is 19.8 Å². The van der Waals surface area contributed by atoms with Crippen LogP contribution in [0, 0.1) is 0 Å². The molecule has 0 saturated carbocycles. The van der Waals surface area contributed by atoms with Crippen molar-refractivity contribution in [2.75, 3.05) is 12.9 Å². The molecule has 2 rings (SSSR count). The molecule has 2 aromatic rings. The molecule has 0 atom stereocenters. The van der Waals surface area contributed by atoms with E-state index in [2.05, 4.69) is 22.2 Å². The van der Waals surface area contributed by atoms with Crippen molar-refractivity contribution in [2.24, 2.45) is 14.1 Å². The number of aryl methyl sites for hydroxylation is 1. The summed E-state index contributed by atoms with van der Waals surface area (Å²) in [5.74, 6) is 2.42. The average Bonchev–Trinajstić information content (AvgIpc) is 2.93. The number of hydrogen-bond donors (Lipinski definition) is 0. The Hall–Kier alpha value is -1.50. The Bertz CT molecular complexity index is 548. The quantitative estimate of drug-likeness (QED) is 0.599. The summed E-state index contributed by atoms with van der Waals surface area (Å²) in [7, 11) is 5.44. The highest BCUT2D eigenvalue weighted by atomic mass is 32.2. The smallest absolute Gasteiger partial charge is 0.243 e. The molecular formula is C12H19N5OS. The normalized spacial score (nSPS) is 10.9. The zero-order valence-corrected chi connectivity index (χ0v) is 12.6. The Kier molecular flexibility index (Phi) is 4.47. The topological polar surface area (TPSA) is 57.8 Å². The van der Waals surface area contributed by atoms with Gasteiger partial charge in [0.2, 0.25) is 5.88 Å². The molecule has 2 heterocycles. The molecule has 0 aromatic carbocycles. The van der Waals surface area contributed by atoms with Gasteiger partial charge in [-0.3, -0.25) is 4.68 Å². The largest absolute Gasteiger partial charge is 0.479 e. The zero-order chi connectivity index (χ0) is 13.8. The van der Waals surface area contributed by atoms with E-state index < -0.39 is 0 Å². The third-order valence-corrected chi connectivity index (χ3v) is 3.90. The van der Waals surface area contributed by atoms with E-state index >= 15 is 0 Å². The molecule has 19 heavy (non-hydrogen) atoms. The molecule has 0 fully saturated rings. The van der Waals surface area contributed by atoms with Crippen molar-refractivity contribution in [3.63, 3.8) is 0 Å². The van der Waals surface area contributed by atoms with Gasteiger partial charge in [-0.05, 0) is 6.42 Å². The highest BCUT2D eigenvalue weighted by Gasteiger charge is 2.17. The summed E-state index contributed by atoms with van der Waals surface area (Å²) in [5, 5.41) is 13.6. The number of hydrogen-bond acceptors (Lipinski definition) is 5. The van der Waals surface area contributed by atoms with Crippen molar-refractivity contribution >= 4 is 11.8 Å². The van der Waals surface area contributed by atoms with E-state index in [4.69, 9.17) is 4.74 Å². The van der Waals surface area contributed by atoms with E-state index in [1.54, 1.807) is 23.6 Å². The van der Waals surface area contributed by atoms with Gasteiger partial charge in [-0.1, -0.05) is 25.1 Å². The van der Waals surface area contributed by atoms with E-state index in [1.165, 1.54) is 12.8 Å². The van der Waals surface area contributed by atoms with Crippen LogP contribution in [0.2, 0.25) is 0 Å². The van der Waals surface area contributed by atoms with Crippen molar-refractivity contribution in [1.29, 1.82) is 0 Å². The molecule has 7 heteroatoms. The summed E-state index contributed by atoms with van der Waals surface area (Å²) in [6, 6.07) is 0. The van der Waals surface area contributed by atoms with Gasteiger partial charge in [0.05, 0.1) is 7.11 Å². The molecule has 104 valence electrons. The Morgan fingerprint density at radius 2 is 2.11 bits per heavy atom. The van der Waals surface area contributed by atoms with Gasteiger partial charge in [0, 0.05) is 26.0 Å². The fraction of sp³-hybridized carbons (Fsp3) is 0.583. The molecular weight excluding hydrogens is 262 g/mol. The van der Waals surface area contributed by atoms with Crippen LogP contribution in [0.4, 0.5) is 0 Å². The van der Waals surface area contributed by atoms with Gasteiger partial charge in [0.1, 0.15) is 5.56 Å². The Morgan fingerprint density at radius 1 is 1.32 bits per heavy atom. The highest BCUT2D eigenvalue weighted by molar-refractivity contribution is 7.99. The van der Waals surface area contributed by atoms with Crippen LogP contribution >= 0.6 is 11.8 Å². The minimum Gasteiger partial charge on any atom is -0.479 e. The predicted molar refractivity (Wildman–Crippen MR) is 75.4 cm³/mol. The molecule has 0 aliphatic heterocycles. The summed E-state index contributed by atoms with van der Waals surface area (Å²) in [5.41, 5.74) is 0.863. The van der Waals surface area contributed by atoms with E-state index in [9.17, 15) is 0 Å². The standard InChI is InChI=1S/C12H19N5OS/c1-5-6-7-19-12-14-13-10(17(12)3)9-8-16(2)15-11(9)18-4/h8H,5-7H2,1-4H3. The number of ether oxygens (including phenoxy) is 1. The van der Waals surface area contributed by atoms with E-state index in [1.807, 2.05) is 24.9 Å². The molecule has 0 N–H and O–H groups in total. The number of rotatable bonds is 6. The molecule has 0 aliphatic rings. The summed E-state index contributed by atoms with van der Waals surface area (Å²) in [6.07, 6.45) is 4.26. The fourth-order valence-electron chi connectivity index (χ4n) is 1.76. The lowest BCUT2D eigenvalue weighted by molar-refractivity contribution is 0.393. The minimum absolute atomic E-state index is 0.572. The molecule has 6 nitrogen and oxygen atoms in total. The maximum atomic E-state index is 5.26. The Labute approximate surface area is 117 Å². The van der Waals surface area contributed by atoms with Gasteiger partial charge in [-0.25, -0.2) is 0 Å². The van der Waals surface area contributed by atoms with Crippen molar-refractivity contribution in [3.8, 4) is 17.3 Å². The monoisotopic (exact) mass is 281 g/mol. The second-order valence-electron chi connectivity index (χ2n) is 4.29. The molecule has 2 aromatic heterocycles. The number of methoxy groups -OCH3 is 1. The maximum absolute atomic E-state index is 5.26. The first-order valence-electron chi connectivity index (χ1n) is 6.27. The maximum Gasteiger partial charge on any atom is 0.243 e. The van der Waals surface area contributed by atoms with Crippen LogP contribution in [-0.4, -0.2) is 37.4 Å². The second-order valence-corrected chi connectivity index (χ2v) is 5.36. The molecule has 0 saturated heterocycles. The van der Waals surface area contributed by atoms with Crippen LogP contribution in [0.15, 0.2) is 11.4 Å². The molecule has 0 radical (unpaired) electrons. The third-order valence-electron chi connectivity index (χ3n) is 2.79. The Balaban J connectivity index is 2.25. The molecule has 0 aliphatic carbocycles. The number of nitrogens with zero attached hydrogens (tertiary/aromatic N) is 5. The summed E-state index contributed by atoms with van der Waals surface area (Å²) >= 11 is 1.73. The first kappa shape index (κ1) is 13.9. The predicted octanol–water partition coefficient (Wildman–Crippen LogP) is 2.12. The summed E-state index contributed by atoms with van der Waals surface area (Å²) in [6.45, 7) is 2.18.